The molecule has 0 saturated heterocycles. The van der Waals surface area contributed by atoms with E-state index in [2.05, 4.69) is 0 Å². The second-order valence-electron chi connectivity index (χ2n) is 3.04. The minimum absolute atomic E-state index is 0. The number of rotatable bonds is 3. The molecule has 0 aliphatic heterocycles. The third-order valence-electron chi connectivity index (χ3n) is 2.00. The van der Waals surface area contributed by atoms with Gasteiger partial charge in [0, 0.05) is 0 Å². The van der Waals surface area contributed by atoms with E-state index in [0.717, 1.165) is 11.1 Å². The van der Waals surface area contributed by atoms with Crippen LogP contribution >= 0.6 is 9.47 Å². The van der Waals surface area contributed by atoms with Crippen molar-refractivity contribution < 1.29 is 47.1 Å². The topological polar surface area (TPSA) is 68.5 Å². The Morgan fingerprint density at radius 1 is 1.56 bits per heavy atom. The van der Waals surface area contributed by atoms with Gasteiger partial charge in [0.1, 0.15) is 11.3 Å². The van der Waals surface area contributed by atoms with Crippen molar-refractivity contribution in [3.05, 3.63) is 34.2 Å². The van der Waals surface area contributed by atoms with E-state index < -0.39 is 11.5 Å². The van der Waals surface area contributed by atoms with Crippen molar-refractivity contribution in [2.45, 2.75) is 13.8 Å². The molecule has 1 N–H and O–H groups in total. The van der Waals surface area contributed by atoms with Crippen LogP contribution < -0.4 is 10.1 Å². The maximum Gasteiger partial charge on any atom is 3.00 e. The van der Waals surface area contributed by atoms with Gasteiger partial charge in [-0.15, -0.1) is 0 Å². The Hall–Kier alpha value is -0.376. The molecule has 0 aromatic carbocycles. The average molecular weight is 317 g/mol. The van der Waals surface area contributed by atoms with Gasteiger partial charge in [0.2, 0.25) is 0 Å². The molecule has 0 saturated carbocycles. The fourth-order valence-corrected chi connectivity index (χ4v) is 1.45. The Morgan fingerprint density at radius 2 is 2.12 bits per heavy atom. The molecule has 5 nitrogen and oxygen atoms in total. The van der Waals surface area contributed by atoms with Gasteiger partial charge in [-0.1, -0.05) is 18.7 Å². The van der Waals surface area contributed by atoms with E-state index >= 15 is 0 Å². The summed E-state index contributed by atoms with van der Waals surface area (Å²) >= 11 is 0. The number of hydrogen-bond acceptors (Lipinski definition) is 3. The van der Waals surface area contributed by atoms with Crippen LogP contribution in [0.15, 0.2) is 10.9 Å². The van der Waals surface area contributed by atoms with Crippen molar-refractivity contribution in [3.8, 4) is 5.75 Å². The number of aliphatic carboxylic acids is 1. The molecule has 0 bridgehead atoms. The van der Waals surface area contributed by atoms with Crippen LogP contribution in [-0.4, -0.2) is 15.6 Å². The van der Waals surface area contributed by atoms with Crippen LogP contribution in [0.2, 0.25) is 0 Å². The normalized spacial score (nSPS) is 9.19. The third-order valence-corrected chi connectivity index (χ3v) is 2.25. The minimum Gasteiger partial charge on any atom is -0.486 e. The maximum atomic E-state index is 11.7. The predicted molar refractivity (Wildman–Crippen MR) is 57.8 cm³/mol. The van der Waals surface area contributed by atoms with Crippen LogP contribution in [-0.2, 0) is 37.5 Å². The van der Waals surface area contributed by atoms with Crippen LogP contribution in [0.25, 0.3) is 0 Å². The standard InChI is InChI=1S/C9H11NO4P.Y/c1-5-3-7(14-15)6(2)9(13)10(5)4-8(11)12;/h3-4H,15H2,1-2H3,(H,11,12);/q-1;+3. The first-order chi connectivity index (χ1) is 6.97. The van der Waals surface area contributed by atoms with Crippen LogP contribution in [0.4, 0.5) is 0 Å². The molecular formula is C9H11NO4PY+2. The minimum atomic E-state index is -1.17. The molecule has 1 atom stereocenters. The molecular weight excluding hydrogens is 306 g/mol. The van der Waals surface area contributed by atoms with E-state index in [1.165, 1.54) is 0 Å². The zero-order chi connectivity index (χ0) is 11.6. The third kappa shape index (κ3) is 3.31. The molecule has 0 spiro atoms. The monoisotopic (exact) mass is 317 g/mol. The van der Waals surface area contributed by atoms with Gasteiger partial charge in [-0.25, -0.2) is 0 Å². The SMILES string of the molecule is Cc1c(OP)cc(C)n([CH-]C(=O)O)c1=O.[Y+3]. The summed E-state index contributed by atoms with van der Waals surface area (Å²) < 4.78 is 5.98. The molecule has 1 heterocycles. The summed E-state index contributed by atoms with van der Waals surface area (Å²) in [7, 11) is 2.05. The second-order valence-corrected chi connectivity index (χ2v) is 3.27. The van der Waals surface area contributed by atoms with Crippen LogP contribution in [0.5, 0.6) is 5.75 Å². The summed E-state index contributed by atoms with van der Waals surface area (Å²) in [5.41, 5.74) is 0.480. The molecule has 0 aliphatic carbocycles. The molecule has 1 aromatic heterocycles. The van der Waals surface area contributed by atoms with Crippen molar-refractivity contribution in [3.63, 3.8) is 0 Å². The largest absolute Gasteiger partial charge is 3.00 e. The quantitative estimate of drug-likeness (QED) is 0.659. The summed E-state index contributed by atoms with van der Waals surface area (Å²) in [6.07, 6.45) is 0. The summed E-state index contributed by atoms with van der Waals surface area (Å²) in [6, 6.07) is 1.60. The molecule has 0 aliphatic rings. The van der Waals surface area contributed by atoms with Crippen molar-refractivity contribution in [2.24, 2.45) is 0 Å². The maximum absolute atomic E-state index is 11.7. The number of carboxylic acids is 1. The van der Waals surface area contributed by atoms with Crippen molar-refractivity contribution in [1.29, 1.82) is 0 Å². The molecule has 0 radical (unpaired) electrons. The Bertz CT molecular complexity index is 458. The van der Waals surface area contributed by atoms with E-state index in [-0.39, 0.29) is 32.7 Å². The van der Waals surface area contributed by atoms with E-state index in [1.807, 2.05) is 9.47 Å². The Kier molecular flexibility index (Phi) is 6.23. The number of aromatic nitrogens is 1. The molecule has 0 amide bonds. The second kappa shape index (κ2) is 6.38. The number of aryl methyl sites for hydroxylation is 1. The van der Waals surface area contributed by atoms with Crippen LogP contribution in [0.1, 0.15) is 11.3 Å². The van der Waals surface area contributed by atoms with Gasteiger partial charge >= 0.3 is 32.7 Å². The smallest absolute Gasteiger partial charge is 0.486 e. The van der Waals surface area contributed by atoms with E-state index in [0.29, 0.717) is 17.0 Å². The van der Waals surface area contributed by atoms with Gasteiger partial charge in [0.05, 0.1) is 9.47 Å². The molecule has 1 aromatic rings. The van der Waals surface area contributed by atoms with Crippen LogP contribution in [0, 0.1) is 20.4 Å². The Balaban J connectivity index is 0.00000225. The van der Waals surface area contributed by atoms with Gasteiger partial charge in [0.15, 0.2) is 0 Å². The van der Waals surface area contributed by atoms with Gasteiger partial charge < -0.3 is 19.0 Å². The first-order valence-corrected chi connectivity index (χ1v) is 4.61. The number of carbonyl (C=O) groups is 1. The van der Waals surface area contributed by atoms with E-state index in [1.54, 1.807) is 19.9 Å². The Labute approximate surface area is 120 Å². The number of pyridine rings is 1. The van der Waals surface area contributed by atoms with Crippen molar-refractivity contribution in [2.75, 3.05) is 0 Å². The van der Waals surface area contributed by atoms with Gasteiger partial charge in [-0.05, 0) is 19.0 Å². The Morgan fingerprint density at radius 3 is 2.56 bits per heavy atom. The molecule has 1 unspecified atom stereocenters. The molecule has 7 heteroatoms. The summed E-state index contributed by atoms with van der Waals surface area (Å²) in [5.74, 6) is -0.739. The van der Waals surface area contributed by atoms with E-state index in [9.17, 15) is 9.59 Å². The molecule has 82 valence electrons. The predicted octanol–water partition coefficient (Wildman–Crippen LogP) is 0.726. The van der Waals surface area contributed by atoms with Crippen LogP contribution in [0.3, 0.4) is 0 Å². The first-order valence-electron chi connectivity index (χ1n) is 4.14. The fraction of sp³-hybridized carbons (Fsp3) is 0.222. The van der Waals surface area contributed by atoms with Gasteiger partial charge in [-0.2, -0.15) is 0 Å². The van der Waals surface area contributed by atoms with Gasteiger partial charge in [0.25, 0.3) is 5.97 Å². The summed E-state index contributed by atoms with van der Waals surface area (Å²) in [6.45, 7) is 4.04. The number of hydrogen-bond donors (Lipinski definition) is 1. The van der Waals surface area contributed by atoms with Crippen molar-refractivity contribution in [1.82, 2.24) is 4.57 Å². The zero-order valence-electron chi connectivity index (χ0n) is 8.93. The molecule has 1 rings (SSSR count). The van der Waals surface area contributed by atoms with E-state index in [4.69, 9.17) is 9.63 Å². The first kappa shape index (κ1) is 15.6. The van der Waals surface area contributed by atoms with Crippen molar-refractivity contribution >= 4 is 15.4 Å². The summed E-state index contributed by atoms with van der Waals surface area (Å²) in [4.78, 5) is 22.2. The summed E-state index contributed by atoms with van der Waals surface area (Å²) in [5, 5.41) is 8.58. The van der Waals surface area contributed by atoms with Gasteiger partial charge in [-0.3, -0.25) is 4.79 Å². The molecule has 0 fully saturated rings. The number of carboxylic acid groups (broad SMARTS) is 1. The zero-order valence-corrected chi connectivity index (χ0v) is 12.9. The average Bonchev–Trinajstić information content (AvgIpc) is 2.18. The molecule has 16 heavy (non-hydrogen) atoms. The fourth-order valence-electron chi connectivity index (χ4n) is 1.21. The number of nitrogens with zero attached hydrogens (tertiary/aromatic N) is 1.